The highest BCUT2D eigenvalue weighted by Crippen LogP contribution is 2.23. The first kappa shape index (κ1) is 14.4. The highest BCUT2D eigenvalue weighted by atomic mass is 19.1. The monoisotopic (exact) mass is 310 g/mol. The minimum Gasteiger partial charge on any atom is -0.322 e. The summed E-state index contributed by atoms with van der Waals surface area (Å²) in [5, 5.41) is 6.89. The average Bonchev–Trinajstić information content (AvgIpc) is 2.94. The van der Waals surface area contributed by atoms with Crippen LogP contribution in [0, 0.1) is 5.82 Å². The highest BCUT2D eigenvalue weighted by Gasteiger charge is 2.22. The van der Waals surface area contributed by atoms with Gasteiger partial charge in [-0.15, -0.1) is 0 Å². The van der Waals surface area contributed by atoms with Crippen LogP contribution >= 0.6 is 0 Å². The smallest absolute Gasteiger partial charge is 0.128 e. The SMILES string of the molecule is Fc1ccc2c(c1)nc(C1CNCCN1)n2Cc1ccccc1. The van der Waals surface area contributed by atoms with Crippen molar-refractivity contribution in [1.82, 2.24) is 20.2 Å². The molecule has 1 unspecified atom stereocenters. The quantitative estimate of drug-likeness (QED) is 0.781. The molecule has 1 aliphatic heterocycles. The topological polar surface area (TPSA) is 41.9 Å². The number of fused-ring (bicyclic) bond motifs is 1. The Morgan fingerprint density at radius 2 is 2.00 bits per heavy atom. The number of nitrogens with zero attached hydrogens (tertiary/aromatic N) is 2. The number of imidazole rings is 1. The van der Waals surface area contributed by atoms with Crippen LogP contribution in [0.5, 0.6) is 0 Å². The van der Waals surface area contributed by atoms with Gasteiger partial charge in [0.25, 0.3) is 0 Å². The summed E-state index contributed by atoms with van der Waals surface area (Å²) in [5.41, 5.74) is 2.89. The second-order valence-electron chi connectivity index (χ2n) is 5.89. The third-order valence-electron chi connectivity index (χ3n) is 4.28. The zero-order valence-corrected chi connectivity index (χ0v) is 12.8. The van der Waals surface area contributed by atoms with E-state index in [9.17, 15) is 4.39 Å². The van der Waals surface area contributed by atoms with Crippen molar-refractivity contribution in [2.24, 2.45) is 0 Å². The van der Waals surface area contributed by atoms with Gasteiger partial charge in [0.1, 0.15) is 11.6 Å². The van der Waals surface area contributed by atoms with Crippen molar-refractivity contribution >= 4 is 11.0 Å². The maximum Gasteiger partial charge on any atom is 0.128 e. The number of benzene rings is 2. The lowest BCUT2D eigenvalue weighted by Gasteiger charge is -2.25. The summed E-state index contributed by atoms with van der Waals surface area (Å²) in [6.45, 7) is 3.44. The molecule has 0 bridgehead atoms. The molecule has 2 aromatic carbocycles. The first-order valence-electron chi connectivity index (χ1n) is 7.95. The first-order valence-corrected chi connectivity index (χ1v) is 7.95. The normalized spacial score (nSPS) is 18.4. The van der Waals surface area contributed by atoms with Gasteiger partial charge >= 0.3 is 0 Å². The van der Waals surface area contributed by atoms with E-state index >= 15 is 0 Å². The van der Waals surface area contributed by atoms with Crippen molar-refractivity contribution in [2.75, 3.05) is 19.6 Å². The van der Waals surface area contributed by atoms with Crippen molar-refractivity contribution in [3.8, 4) is 0 Å². The lowest BCUT2D eigenvalue weighted by Crippen LogP contribution is -2.43. The lowest BCUT2D eigenvalue weighted by molar-refractivity contribution is 0.406. The molecule has 4 rings (SSSR count). The molecule has 3 aromatic rings. The Balaban J connectivity index is 1.81. The van der Waals surface area contributed by atoms with E-state index in [0.29, 0.717) is 5.52 Å². The van der Waals surface area contributed by atoms with Gasteiger partial charge in [0.05, 0.1) is 17.1 Å². The molecule has 4 nitrogen and oxygen atoms in total. The zero-order chi connectivity index (χ0) is 15.6. The Labute approximate surface area is 134 Å². The molecule has 2 N–H and O–H groups in total. The fourth-order valence-corrected chi connectivity index (χ4v) is 3.16. The molecule has 0 radical (unpaired) electrons. The fourth-order valence-electron chi connectivity index (χ4n) is 3.16. The Bertz CT molecular complexity index is 807. The van der Waals surface area contributed by atoms with Gasteiger partial charge in [-0.05, 0) is 17.7 Å². The van der Waals surface area contributed by atoms with Crippen molar-refractivity contribution in [3.05, 3.63) is 65.7 Å². The molecule has 2 heterocycles. The van der Waals surface area contributed by atoms with E-state index in [2.05, 4.69) is 27.3 Å². The maximum atomic E-state index is 13.6. The third kappa shape index (κ3) is 2.85. The van der Waals surface area contributed by atoms with Crippen molar-refractivity contribution < 1.29 is 4.39 Å². The van der Waals surface area contributed by atoms with Crippen molar-refractivity contribution in [1.29, 1.82) is 0 Å². The summed E-state index contributed by atoms with van der Waals surface area (Å²) in [7, 11) is 0. The Kier molecular flexibility index (Phi) is 3.81. The predicted octanol–water partition coefficient (Wildman–Crippen LogP) is 2.46. The molecular formula is C18H19FN4. The number of rotatable bonds is 3. The summed E-state index contributed by atoms with van der Waals surface area (Å²) in [4.78, 5) is 4.71. The Morgan fingerprint density at radius 3 is 2.78 bits per heavy atom. The van der Waals surface area contributed by atoms with Gasteiger partial charge in [-0.3, -0.25) is 0 Å². The van der Waals surface area contributed by atoms with E-state index in [1.807, 2.05) is 24.3 Å². The molecule has 23 heavy (non-hydrogen) atoms. The van der Waals surface area contributed by atoms with E-state index in [-0.39, 0.29) is 11.9 Å². The molecule has 0 amide bonds. The molecule has 0 spiro atoms. The van der Waals surface area contributed by atoms with Crippen LogP contribution in [0.3, 0.4) is 0 Å². The van der Waals surface area contributed by atoms with Crippen LogP contribution in [0.25, 0.3) is 11.0 Å². The Hall–Kier alpha value is -2.24. The summed E-state index contributed by atoms with van der Waals surface area (Å²) in [5.74, 6) is 0.713. The largest absolute Gasteiger partial charge is 0.322 e. The number of hydrogen-bond donors (Lipinski definition) is 2. The second kappa shape index (κ2) is 6.10. The standard InChI is InChI=1S/C18H19FN4/c19-14-6-7-17-15(10-14)22-18(16-11-20-8-9-21-16)23(17)12-13-4-2-1-3-5-13/h1-7,10,16,20-21H,8-9,11-12H2. The van der Waals surface area contributed by atoms with Crippen LogP contribution in [-0.4, -0.2) is 29.2 Å². The highest BCUT2D eigenvalue weighted by molar-refractivity contribution is 5.76. The van der Waals surface area contributed by atoms with Crippen LogP contribution < -0.4 is 10.6 Å². The van der Waals surface area contributed by atoms with Gasteiger partial charge < -0.3 is 15.2 Å². The first-order chi connectivity index (χ1) is 11.3. The number of hydrogen-bond acceptors (Lipinski definition) is 3. The van der Waals surface area contributed by atoms with E-state index in [1.54, 1.807) is 0 Å². The fraction of sp³-hybridized carbons (Fsp3) is 0.278. The third-order valence-corrected chi connectivity index (χ3v) is 4.28. The van der Waals surface area contributed by atoms with Crippen LogP contribution in [0.4, 0.5) is 4.39 Å². The zero-order valence-electron chi connectivity index (χ0n) is 12.8. The van der Waals surface area contributed by atoms with Gasteiger partial charge in [-0.25, -0.2) is 9.37 Å². The number of halogens is 1. The Morgan fingerprint density at radius 1 is 1.13 bits per heavy atom. The number of nitrogens with one attached hydrogen (secondary N) is 2. The molecule has 5 heteroatoms. The van der Waals surface area contributed by atoms with Crippen LogP contribution in [0.1, 0.15) is 17.4 Å². The summed E-state index contributed by atoms with van der Waals surface area (Å²) < 4.78 is 15.8. The number of aromatic nitrogens is 2. The predicted molar refractivity (Wildman–Crippen MR) is 88.8 cm³/mol. The molecule has 1 atom stereocenters. The molecule has 1 aliphatic rings. The summed E-state index contributed by atoms with van der Waals surface area (Å²) in [6.07, 6.45) is 0. The van der Waals surface area contributed by atoms with Gasteiger partial charge in [0.2, 0.25) is 0 Å². The van der Waals surface area contributed by atoms with Crippen molar-refractivity contribution in [3.63, 3.8) is 0 Å². The molecule has 1 aromatic heterocycles. The van der Waals surface area contributed by atoms with E-state index < -0.39 is 0 Å². The van der Waals surface area contributed by atoms with E-state index in [0.717, 1.165) is 37.5 Å². The molecule has 1 saturated heterocycles. The van der Waals surface area contributed by atoms with E-state index in [4.69, 9.17) is 4.98 Å². The van der Waals surface area contributed by atoms with Crippen LogP contribution in [0.15, 0.2) is 48.5 Å². The summed E-state index contributed by atoms with van der Waals surface area (Å²) in [6, 6.07) is 15.3. The minimum absolute atomic E-state index is 0.142. The van der Waals surface area contributed by atoms with Gasteiger partial charge in [-0.2, -0.15) is 0 Å². The molecule has 1 fully saturated rings. The molecular weight excluding hydrogens is 291 g/mol. The van der Waals surface area contributed by atoms with E-state index in [1.165, 1.54) is 17.7 Å². The molecule has 118 valence electrons. The molecule has 0 aliphatic carbocycles. The average molecular weight is 310 g/mol. The second-order valence-corrected chi connectivity index (χ2v) is 5.89. The minimum atomic E-state index is -0.247. The summed E-state index contributed by atoms with van der Waals surface area (Å²) >= 11 is 0. The van der Waals surface area contributed by atoms with Gasteiger partial charge in [0, 0.05) is 32.2 Å². The van der Waals surface area contributed by atoms with Crippen molar-refractivity contribution in [2.45, 2.75) is 12.6 Å². The number of piperazine rings is 1. The maximum absolute atomic E-state index is 13.6. The van der Waals surface area contributed by atoms with Crippen LogP contribution in [0.2, 0.25) is 0 Å². The van der Waals surface area contributed by atoms with Gasteiger partial charge in [-0.1, -0.05) is 30.3 Å². The lowest BCUT2D eigenvalue weighted by atomic mass is 10.2. The van der Waals surface area contributed by atoms with Gasteiger partial charge in [0.15, 0.2) is 0 Å². The molecule has 0 saturated carbocycles. The van der Waals surface area contributed by atoms with Crippen LogP contribution in [-0.2, 0) is 6.54 Å².